The average Bonchev–Trinajstić information content (AvgIpc) is 3.31. The van der Waals surface area contributed by atoms with E-state index in [2.05, 4.69) is 10.2 Å². The van der Waals surface area contributed by atoms with Gasteiger partial charge in [-0.05, 0) is 56.2 Å². The molecule has 2 aromatic heterocycles. The molecule has 2 heterocycles. The van der Waals surface area contributed by atoms with E-state index in [1.807, 2.05) is 41.9 Å². The van der Waals surface area contributed by atoms with Gasteiger partial charge in [0.25, 0.3) is 0 Å². The molecule has 1 aliphatic carbocycles. The van der Waals surface area contributed by atoms with Gasteiger partial charge in [0.2, 0.25) is 16.9 Å². The molecule has 1 aliphatic rings. The van der Waals surface area contributed by atoms with Crippen molar-refractivity contribution >= 4 is 11.8 Å². The molecule has 0 bridgehead atoms. The Morgan fingerprint density at radius 2 is 1.83 bits per heavy atom. The zero-order chi connectivity index (χ0) is 19.8. The van der Waals surface area contributed by atoms with Crippen molar-refractivity contribution in [2.75, 3.05) is 0 Å². The molecular weight excluding hydrogens is 389 g/mol. The van der Waals surface area contributed by atoms with Gasteiger partial charge >= 0.3 is 0 Å². The predicted molar refractivity (Wildman–Crippen MR) is 107 cm³/mol. The van der Waals surface area contributed by atoms with E-state index >= 15 is 0 Å². The minimum Gasteiger partial charge on any atom is -0.419 e. The van der Waals surface area contributed by atoms with Gasteiger partial charge in [0.1, 0.15) is 11.6 Å². The molecule has 146 valence electrons. The van der Waals surface area contributed by atoms with Crippen molar-refractivity contribution in [1.82, 2.24) is 25.0 Å². The summed E-state index contributed by atoms with van der Waals surface area (Å²) in [6, 6.07) is 16.0. The highest BCUT2D eigenvalue weighted by Crippen LogP contribution is 2.41. The molecule has 6 nitrogen and oxygen atoms in total. The molecule has 4 aromatic rings. The number of hydrogen-bond acceptors (Lipinski definition) is 6. The topological polar surface area (TPSA) is 69.6 Å². The van der Waals surface area contributed by atoms with Gasteiger partial charge in [-0.3, -0.25) is 0 Å². The first-order chi connectivity index (χ1) is 14.2. The lowest BCUT2D eigenvalue weighted by Gasteiger charge is -2.04. The maximum absolute atomic E-state index is 13.1. The molecule has 0 unspecified atom stereocenters. The van der Waals surface area contributed by atoms with Gasteiger partial charge in [0, 0.05) is 11.5 Å². The van der Waals surface area contributed by atoms with Crippen LogP contribution in [0.2, 0.25) is 0 Å². The van der Waals surface area contributed by atoms with E-state index in [1.54, 1.807) is 12.1 Å². The molecular formula is C21H18FN5OS. The summed E-state index contributed by atoms with van der Waals surface area (Å²) in [6.07, 6.45) is 2.30. The first-order valence-electron chi connectivity index (χ1n) is 9.46. The second-order valence-electron chi connectivity index (χ2n) is 6.99. The first-order valence-corrected chi connectivity index (χ1v) is 10.3. The summed E-state index contributed by atoms with van der Waals surface area (Å²) in [5, 5.41) is 13.5. The summed E-state index contributed by atoms with van der Waals surface area (Å²) in [7, 11) is 0. The number of rotatable bonds is 6. The highest BCUT2D eigenvalue weighted by molar-refractivity contribution is 7.99. The Bertz CT molecular complexity index is 1120. The monoisotopic (exact) mass is 407 g/mol. The van der Waals surface area contributed by atoms with E-state index in [0.29, 0.717) is 28.4 Å². The number of benzene rings is 2. The Labute approximate surface area is 171 Å². The van der Waals surface area contributed by atoms with Crippen LogP contribution < -0.4 is 0 Å². The van der Waals surface area contributed by atoms with Crippen molar-refractivity contribution in [2.45, 2.75) is 36.1 Å². The Hall–Kier alpha value is -3.00. The highest BCUT2D eigenvalue weighted by atomic mass is 32.2. The first kappa shape index (κ1) is 18.1. The van der Waals surface area contributed by atoms with Gasteiger partial charge in [-0.15, -0.1) is 15.3 Å². The quantitative estimate of drug-likeness (QED) is 0.410. The molecule has 1 fully saturated rings. The van der Waals surface area contributed by atoms with Crippen molar-refractivity contribution in [3.8, 4) is 17.1 Å². The van der Waals surface area contributed by atoms with Gasteiger partial charge in [-0.25, -0.2) is 14.1 Å². The van der Waals surface area contributed by atoms with Crippen molar-refractivity contribution in [1.29, 1.82) is 0 Å². The summed E-state index contributed by atoms with van der Waals surface area (Å²) in [4.78, 5) is 4.77. The van der Waals surface area contributed by atoms with E-state index in [9.17, 15) is 4.39 Å². The molecule has 0 spiro atoms. The molecule has 0 radical (unpaired) electrons. The number of para-hydroxylation sites is 1. The lowest BCUT2D eigenvalue weighted by Crippen LogP contribution is -2.01. The standard InChI is InChI=1S/C21H18FN5OS/c1-13(19-24-25-20(28-19)15-9-11-16(22)12-10-15)29-21-23-18(14-7-8-14)27(26-21)17-5-3-2-4-6-17/h2-6,9-14H,7-8H2,1H3/t13-/m1/s1. The van der Waals surface area contributed by atoms with Crippen LogP contribution in [0.15, 0.2) is 64.2 Å². The second-order valence-corrected chi connectivity index (χ2v) is 8.29. The lowest BCUT2D eigenvalue weighted by atomic mass is 10.2. The number of nitrogens with zero attached hydrogens (tertiary/aromatic N) is 5. The van der Waals surface area contributed by atoms with Crippen LogP contribution in [0.1, 0.15) is 42.6 Å². The summed E-state index contributed by atoms with van der Waals surface area (Å²) < 4.78 is 20.8. The van der Waals surface area contributed by atoms with Crippen LogP contribution in [-0.2, 0) is 0 Å². The fourth-order valence-corrected chi connectivity index (χ4v) is 3.82. The fourth-order valence-electron chi connectivity index (χ4n) is 3.04. The Morgan fingerprint density at radius 3 is 2.55 bits per heavy atom. The van der Waals surface area contributed by atoms with E-state index < -0.39 is 0 Å². The third-order valence-electron chi connectivity index (χ3n) is 4.72. The van der Waals surface area contributed by atoms with Gasteiger partial charge in [-0.1, -0.05) is 30.0 Å². The van der Waals surface area contributed by atoms with Gasteiger partial charge in [0.15, 0.2) is 0 Å². The largest absolute Gasteiger partial charge is 0.419 e. The molecule has 5 rings (SSSR count). The summed E-state index contributed by atoms with van der Waals surface area (Å²) in [5.74, 6) is 2.03. The highest BCUT2D eigenvalue weighted by Gasteiger charge is 2.31. The second kappa shape index (κ2) is 7.44. The van der Waals surface area contributed by atoms with E-state index in [1.165, 1.54) is 23.9 Å². The van der Waals surface area contributed by atoms with E-state index in [0.717, 1.165) is 24.4 Å². The lowest BCUT2D eigenvalue weighted by molar-refractivity contribution is 0.509. The van der Waals surface area contributed by atoms with Crippen molar-refractivity contribution < 1.29 is 8.81 Å². The SMILES string of the molecule is C[C@@H](Sc1nc(C2CC2)n(-c2ccccc2)n1)c1nnc(-c2ccc(F)cc2)o1. The third kappa shape index (κ3) is 3.80. The molecule has 29 heavy (non-hydrogen) atoms. The molecule has 1 atom stereocenters. The van der Waals surface area contributed by atoms with Crippen LogP contribution >= 0.6 is 11.8 Å². The molecule has 0 saturated heterocycles. The molecule has 0 aliphatic heterocycles. The summed E-state index contributed by atoms with van der Waals surface area (Å²) >= 11 is 1.48. The predicted octanol–water partition coefficient (Wildman–Crippen LogP) is 5.19. The summed E-state index contributed by atoms with van der Waals surface area (Å²) in [6.45, 7) is 1.98. The van der Waals surface area contributed by atoms with Gasteiger partial charge in [-0.2, -0.15) is 0 Å². The van der Waals surface area contributed by atoms with E-state index in [-0.39, 0.29) is 11.1 Å². The maximum atomic E-state index is 13.1. The molecule has 0 N–H and O–H groups in total. The summed E-state index contributed by atoms with van der Waals surface area (Å²) in [5.41, 5.74) is 1.70. The number of aromatic nitrogens is 5. The number of halogens is 1. The zero-order valence-corrected chi connectivity index (χ0v) is 16.5. The van der Waals surface area contributed by atoms with Crippen molar-refractivity contribution in [3.63, 3.8) is 0 Å². The van der Waals surface area contributed by atoms with Crippen LogP contribution in [0, 0.1) is 5.82 Å². The smallest absolute Gasteiger partial charge is 0.247 e. The average molecular weight is 407 g/mol. The normalized spacial score (nSPS) is 14.8. The van der Waals surface area contributed by atoms with Crippen LogP contribution in [-0.4, -0.2) is 25.0 Å². The molecule has 1 saturated carbocycles. The van der Waals surface area contributed by atoms with Crippen LogP contribution in [0.5, 0.6) is 0 Å². The van der Waals surface area contributed by atoms with E-state index in [4.69, 9.17) is 14.5 Å². The zero-order valence-electron chi connectivity index (χ0n) is 15.7. The van der Waals surface area contributed by atoms with Gasteiger partial charge in [0.05, 0.1) is 10.9 Å². The van der Waals surface area contributed by atoms with Gasteiger partial charge < -0.3 is 4.42 Å². The fraction of sp³-hybridized carbons (Fsp3) is 0.238. The maximum Gasteiger partial charge on any atom is 0.247 e. The Morgan fingerprint density at radius 1 is 1.07 bits per heavy atom. The third-order valence-corrected chi connectivity index (χ3v) is 5.66. The minimum absolute atomic E-state index is 0.115. The molecule has 8 heteroatoms. The molecule has 2 aromatic carbocycles. The van der Waals surface area contributed by atoms with Crippen LogP contribution in [0.3, 0.4) is 0 Å². The van der Waals surface area contributed by atoms with Crippen LogP contribution in [0.25, 0.3) is 17.1 Å². The Balaban J connectivity index is 1.37. The number of thioether (sulfide) groups is 1. The Kier molecular flexibility index (Phi) is 4.63. The molecule has 0 amide bonds. The minimum atomic E-state index is -0.302. The number of hydrogen-bond donors (Lipinski definition) is 0. The van der Waals surface area contributed by atoms with Crippen LogP contribution in [0.4, 0.5) is 4.39 Å². The van der Waals surface area contributed by atoms with Crippen molar-refractivity contribution in [3.05, 3.63) is 72.1 Å². The van der Waals surface area contributed by atoms with Crippen molar-refractivity contribution in [2.24, 2.45) is 0 Å².